The molecule has 4 heterocycles. The van der Waals surface area contributed by atoms with Crippen molar-refractivity contribution in [1.29, 1.82) is 0 Å². The maximum atomic E-state index is 10.2. The molecule has 1 aliphatic carbocycles. The first-order chi connectivity index (χ1) is 14.4. The standard InChI is InChI=1S/C14H10BrN5O.C7H12O2.Na/c1-7-2-8-3-9(4-18-14(8)21-7)10-5-19-20-12(16)11(15)6-17-13(10)20;8-7(9)6-4-2-1-3-5-6;/h2-6H,16H2,1H3;6H,1-5H2,(H,8,9);/q;;+1/p-1. The maximum Gasteiger partial charge on any atom is 1.00 e. The zero-order valence-corrected chi connectivity index (χ0v) is 21.1. The van der Waals surface area contributed by atoms with Gasteiger partial charge in [-0.15, -0.1) is 0 Å². The van der Waals surface area contributed by atoms with Crippen molar-refractivity contribution in [3.8, 4) is 11.1 Å². The first-order valence-corrected chi connectivity index (χ1v) is 10.6. The molecule has 2 N–H and O–H groups in total. The molecule has 0 radical (unpaired) electrons. The minimum Gasteiger partial charge on any atom is -0.550 e. The molecule has 4 aromatic rings. The van der Waals surface area contributed by atoms with Gasteiger partial charge in [-0.1, -0.05) is 19.3 Å². The summed E-state index contributed by atoms with van der Waals surface area (Å²) >= 11 is 3.34. The van der Waals surface area contributed by atoms with E-state index in [0.717, 1.165) is 48.0 Å². The van der Waals surface area contributed by atoms with Gasteiger partial charge >= 0.3 is 29.6 Å². The van der Waals surface area contributed by atoms with Gasteiger partial charge in [0.05, 0.1) is 10.7 Å². The Morgan fingerprint density at radius 2 is 1.94 bits per heavy atom. The summed E-state index contributed by atoms with van der Waals surface area (Å²) in [4.78, 5) is 19.0. The fraction of sp³-hybridized carbons (Fsp3) is 0.333. The normalized spacial score (nSPS) is 14.1. The van der Waals surface area contributed by atoms with Crippen molar-refractivity contribution in [2.75, 3.05) is 5.73 Å². The zero-order valence-electron chi connectivity index (χ0n) is 17.5. The molecule has 8 nitrogen and oxygen atoms in total. The van der Waals surface area contributed by atoms with Crippen molar-refractivity contribution < 1.29 is 43.9 Å². The number of carboxylic acids is 1. The van der Waals surface area contributed by atoms with Crippen LogP contribution >= 0.6 is 15.9 Å². The molecule has 1 fully saturated rings. The quantitative estimate of drug-likeness (QED) is 0.403. The first kappa shape index (κ1) is 23.7. The van der Waals surface area contributed by atoms with E-state index in [0.29, 0.717) is 21.7 Å². The van der Waals surface area contributed by atoms with Crippen LogP contribution in [-0.2, 0) is 4.79 Å². The summed E-state index contributed by atoms with van der Waals surface area (Å²) in [6.45, 7) is 1.90. The molecule has 31 heavy (non-hydrogen) atoms. The Balaban J connectivity index is 0.000000232. The van der Waals surface area contributed by atoms with Crippen LogP contribution in [0, 0.1) is 12.8 Å². The van der Waals surface area contributed by atoms with Gasteiger partial charge < -0.3 is 20.1 Å². The summed E-state index contributed by atoms with van der Waals surface area (Å²) in [5.41, 5.74) is 9.11. The Bertz CT molecular complexity index is 1220. The van der Waals surface area contributed by atoms with Gasteiger partial charge in [-0.25, -0.2) is 9.97 Å². The minimum atomic E-state index is -0.852. The van der Waals surface area contributed by atoms with E-state index in [-0.39, 0.29) is 35.5 Å². The maximum absolute atomic E-state index is 10.2. The molecule has 0 amide bonds. The van der Waals surface area contributed by atoms with Crippen LogP contribution in [0.25, 0.3) is 27.9 Å². The first-order valence-electron chi connectivity index (χ1n) is 9.79. The molecule has 0 aliphatic heterocycles. The third-order valence-corrected chi connectivity index (χ3v) is 5.87. The number of aliphatic carboxylic acids is 1. The fourth-order valence-electron chi connectivity index (χ4n) is 3.68. The van der Waals surface area contributed by atoms with Crippen LogP contribution in [0.5, 0.6) is 0 Å². The largest absolute Gasteiger partial charge is 1.00 e. The second-order valence-electron chi connectivity index (χ2n) is 7.41. The summed E-state index contributed by atoms with van der Waals surface area (Å²) in [5.74, 6) is 0.355. The molecular weight excluding hydrogens is 473 g/mol. The Hall–Kier alpha value is -1.94. The van der Waals surface area contributed by atoms with Gasteiger partial charge in [0, 0.05) is 34.9 Å². The molecule has 1 saturated carbocycles. The second-order valence-corrected chi connectivity index (χ2v) is 8.27. The van der Waals surface area contributed by atoms with Crippen molar-refractivity contribution in [3.05, 3.63) is 41.0 Å². The number of hydrogen-bond acceptors (Lipinski definition) is 7. The van der Waals surface area contributed by atoms with Crippen LogP contribution in [0.15, 0.2) is 39.6 Å². The Morgan fingerprint density at radius 3 is 2.61 bits per heavy atom. The number of carbonyl (C=O) groups is 1. The molecule has 156 valence electrons. The van der Waals surface area contributed by atoms with Gasteiger partial charge in [0.25, 0.3) is 0 Å². The molecule has 0 bridgehead atoms. The number of carboxylic acid groups (broad SMARTS) is 1. The monoisotopic (exact) mass is 493 g/mol. The third kappa shape index (κ3) is 5.11. The summed E-state index contributed by atoms with van der Waals surface area (Å²) in [7, 11) is 0. The zero-order chi connectivity index (χ0) is 21.3. The van der Waals surface area contributed by atoms with E-state index < -0.39 is 5.97 Å². The van der Waals surface area contributed by atoms with E-state index in [1.54, 1.807) is 23.1 Å². The van der Waals surface area contributed by atoms with Crippen LogP contribution in [0.4, 0.5) is 5.82 Å². The van der Waals surface area contributed by atoms with E-state index >= 15 is 0 Å². The Kier molecular flexibility index (Phi) is 7.74. The van der Waals surface area contributed by atoms with Crippen molar-refractivity contribution >= 4 is 44.5 Å². The van der Waals surface area contributed by atoms with Crippen molar-refractivity contribution in [2.45, 2.75) is 39.0 Å². The number of fused-ring (bicyclic) bond motifs is 2. The summed E-state index contributed by atoms with van der Waals surface area (Å²) in [5, 5.41) is 15.5. The number of anilines is 1. The van der Waals surface area contributed by atoms with Crippen molar-refractivity contribution in [1.82, 2.24) is 19.6 Å². The number of pyridine rings is 1. The van der Waals surface area contributed by atoms with Gasteiger partial charge in [-0.2, -0.15) is 9.61 Å². The molecule has 4 aromatic heterocycles. The van der Waals surface area contributed by atoms with Crippen LogP contribution in [0.3, 0.4) is 0 Å². The number of carbonyl (C=O) groups excluding carboxylic acids is 1. The predicted molar refractivity (Wildman–Crippen MR) is 114 cm³/mol. The van der Waals surface area contributed by atoms with E-state index in [1.807, 2.05) is 19.1 Å². The Labute approximate surface area is 209 Å². The number of nitrogen functional groups attached to an aromatic ring is 1. The SMILES string of the molecule is Cc1cc2cc(-c3cnn4c(N)c(Br)cnc34)cnc2o1.O=C([O-])C1CCCCC1.[Na+]. The number of halogens is 1. The molecular formula is C21H21BrN5NaO3. The van der Waals surface area contributed by atoms with Crippen LogP contribution < -0.4 is 40.4 Å². The van der Waals surface area contributed by atoms with Crippen LogP contribution in [0.1, 0.15) is 37.9 Å². The molecule has 10 heteroatoms. The van der Waals surface area contributed by atoms with Crippen LogP contribution in [0.2, 0.25) is 0 Å². The average Bonchev–Trinajstić information content (AvgIpc) is 3.34. The van der Waals surface area contributed by atoms with Crippen molar-refractivity contribution in [2.24, 2.45) is 5.92 Å². The smallest absolute Gasteiger partial charge is 0.550 e. The van der Waals surface area contributed by atoms with Gasteiger partial charge in [-0.3, -0.25) is 0 Å². The molecule has 0 aromatic carbocycles. The van der Waals surface area contributed by atoms with E-state index in [9.17, 15) is 9.90 Å². The molecule has 0 saturated heterocycles. The van der Waals surface area contributed by atoms with Crippen molar-refractivity contribution in [3.63, 3.8) is 0 Å². The second kappa shape index (κ2) is 10.1. The number of rotatable bonds is 2. The summed E-state index contributed by atoms with van der Waals surface area (Å²) < 4.78 is 7.80. The molecule has 1 aliphatic rings. The average molecular weight is 494 g/mol. The van der Waals surface area contributed by atoms with Gasteiger partial charge in [0.2, 0.25) is 5.71 Å². The Morgan fingerprint density at radius 1 is 1.19 bits per heavy atom. The molecule has 0 unspecified atom stereocenters. The fourth-order valence-corrected chi connectivity index (χ4v) is 3.95. The predicted octanol–water partition coefficient (Wildman–Crippen LogP) is 0.511. The van der Waals surface area contributed by atoms with E-state index in [4.69, 9.17) is 10.2 Å². The summed E-state index contributed by atoms with van der Waals surface area (Å²) in [6, 6.07) is 3.96. The van der Waals surface area contributed by atoms with Crippen LogP contribution in [-0.4, -0.2) is 25.6 Å². The van der Waals surface area contributed by atoms with Gasteiger partial charge in [0.15, 0.2) is 5.65 Å². The number of nitrogens with zero attached hydrogens (tertiary/aromatic N) is 4. The minimum absolute atomic E-state index is 0. The molecule has 0 atom stereocenters. The van der Waals surface area contributed by atoms with E-state index in [1.165, 1.54) is 6.42 Å². The topological polar surface area (TPSA) is 122 Å². The molecule has 0 spiro atoms. The number of aromatic nitrogens is 4. The van der Waals surface area contributed by atoms with Gasteiger partial charge in [-0.05, 0) is 53.7 Å². The van der Waals surface area contributed by atoms with E-state index in [2.05, 4.69) is 31.0 Å². The summed E-state index contributed by atoms with van der Waals surface area (Å²) in [6.07, 6.45) is 10.2. The number of furan rings is 1. The number of hydrogen-bond donors (Lipinski definition) is 1. The number of nitrogens with two attached hydrogens (primary N) is 1. The number of aryl methyl sites for hydroxylation is 1. The van der Waals surface area contributed by atoms with Gasteiger partial charge in [0.1, 0.15) is 11.6 Å². The third-order valence-electron chi connectivity index (χ3n) is 5.26. The molecule has 5 rings (SSSR count).